The summed E-state index contributed by atoms with van der Waals surface area (Å²) in [5.74, 6) is 0. The standard InChI is InChI=1S/C15H23N/c1-3-14-8-7-13(11-15(14)4-2)12-16-9-5-6-10-16/h7-8,11H,3-6,9-10,12H2,1-2H3. The molecule has 0 spiro atoms. The Balaban J connectivity index is 2.09. The fourth-order valence-electron chi connectivity index (χ4n) is 2.65. The second-order valence-corrected chi connectivity index (χ2v) is 4.79. The zero-order chi connectivity index (χ0) is 11.4. The minimum Gasteiger partial charge on any atom is -0.299 e. The lowest BCUT2D eigenvalue weighted by Gasteiger charge is -2.16. The summed E-state index contributed by atoms with van der Waals surface area (Å²) >= 11 is 0. The summed E-state index contributed by atoms with van der Waals surface area (Å²) in [5, 5.41) is 0. The molecule has 88 valence electrons. The molecule has 0 unspecified atom stereocenters. The molecule has 1 heteroatoms. The fraction of sp³-hybridized carbons (Fsp3) is 0.600. The Morgan fingerprint density at radius 1 is 1.00 bits per heavy atom. The number of hydrogen-bond acceptors (Lipinski definition) is 1. The number of nitrogens with zero attached hydrogens (tertiary/aromatic N) is 1. The van der Waals surface area contributed by atoms with Crippen molar-refractivity contribution in [3.05, 3.63) is 34.9 Å². The number of rotatable bonds is 4. The zero-order valence-corrected chi connectivity index (χ0v) is 10.6. The van der Waals surface area contributed by atoms with Crippen molar-refractivity contribution in [2.75, 3.05) is 13.1 Å². The predicted molar refractivity (Wildman–Crippen MR) is 69.7 cm³/mol. The maximum Gasteiger partial charge on any atom is 0.0233 e. The summed E-state index contributed by atoms with van der Waals surface area (Å²) in [6.45, 7) is 8.23. The smallest absolute Gasteiger partial charge is 0.0233 e. The van der Waals surface area contributed by atoms with E-state index >= 15 is 0 Å². The van der Waals surface area contributed by atoms with E-state index in [0.29, 0.717) is 0 Å². The summed E-state index contributed by atoms with van der Waals surface area (Å²) in [6.07, 6.45) is 5.09. The maximum absolute atomic E-state index is 2.57. The van der Waals surface area contributed by atoms with Gasteiger partial charge in [-0.3, -0.25) is 4.90 Å². The van der Waals surface area contributed by atoms with Gasteiger partial charge in [-0.25, -0.2) is 0 Å². The van der Waals surface area contributed by atoms with Gasteiger partial charge in [0.05, 0.1) is 0 Å². The van der Waals surface area contributed by atoms with Gasteiger partial charge >= 0.3 is 0 Å². The fourth-order valence-corrected chi connectivity index (χ4v) is 2.65. The van der Waals surface area contributed by atoms with Crippen molar-refractivity contribution in [2.24, 2.45) is 0 Å². The average Bonchev–Trinajstić information content (AvgIpc) is 2.81. The van der Waals surface area contributed by atoms with Gasteiger partial charge in [-0.05, 0) is 55.5 Å². The molecule has 2 rings (SSSR count). The van der Waals surface area contributed by atoms with Crippen LogP contribution in [0.5, 0.6) is 0 Å². The molecule has 0 amide bonds. The van der Waals surface area contributed by atoms with Crippen LogP contribution in [-0.2, 0) is 19.4 Å². The zero-order valence-electron chi connectivity index (χ0n) is 10.6. The van der Waals surface area contributed by atoms with Crippen molar-refractivity contribution in [1.29, 1.82) is 0 Å². The number of benzene rings is 1. The van der Waals surface area contributed by atoms with Gasteiger partial charge in [0.25, 0.3) is 0 Å². The third-order valence-corrected chi connectivity index (χ3v) is 3.64. The van der Waals surface area contributed by atoms with Gasteiger partial charge in [-0.15, -0.1) is 0 Å². The van der Waals surface area contributed by atoms with Crippen LogP contribution in [0.4, 0.5) is 0 Å². The Kier molecular flexibility index (Phi) is 4.00. The average molecular weight is 217 g/mol. The third kappa shape index (κ3) is 2.65. The summed E-state index contributed by atoms with van der Waals surface area (Å²) in [4.78, 5) is 2.57. The monoisotopic (exact) mass is 217 g/mol. The van der Waals surface area contributed by atoms with Crippen LogP contribution in [0.1, 0.15) is 43.4 Å². The van der Waals surface area contributed by atoms with E-state index in [1.807, 2.05) is 0 Å². The van der Waals surface area contributed by atoms with Crippen LogP contribution >= 0.6 is 0 Å². The molecule has 0 bridgehead atoms. The Morgan fingerprint density at radius 2 is 1.69 bits per heavy atom. The van der Waals surface area contributed by atoms with Crippen molar-refractivity contribution in [1.82, 2.24) is 4.90 Å². The second-order valence-electron chi connectivity index (χ2n) is 4.79. The van der Waals surface area contributed by atoms with Crippen LogP contribution < -0.4 is 0 Å². The minimum absolute atomic E-state index is 1.15. The maximum atomic E-state index is 2.57. The largest absolute Gasteiger partial charge is 0.299 e. The molecule has 1 aromatic carbocycles. The molecule has 1 nitrogen and oxygen atoms in total. The summed E-state index contributed by atoms with van der Waals surface area (Å²) in [6, 6.07) is 7.05. The number of hydrogen-bond donors (Lipinski definition) is 0. The summed E-state index contributed by atoms with van der Waals surface area (Å²) in [5.41, 5.74) is 4.56. The first-order chi connectivity index (χ1) is 7.83. The molecule has 1 aromatic rings. The lowest BCUT2D eigenvalue weighted by Crippen LogP contribution is -2.18. The molecule has 0 radical (unpaired) electrons. The highest BCUT2D eigenvalue weighted by Gasteiger charge is 2.12. The van der Waals surface area contributed by atoms with E-state index in [4.69, 9.17) is 0 Å². The SMILES string of the molecule is CCc1ccc(CN2CCCC2)cc1CC. The highest BCUT2D eigenvalue weighted by Crippen LogP contribution is 2.17. The quantitative estimate of drug-likeness (QED) is 0.747. The summed E-state index contributed by atoms with van der Waals surface area (Å²) < 4.78 is 0. The minimum atomic E-state index is 1.15. The van der Waals surface area contributed by atoms with Gasteiger partial charge in [0, 0.05) is 6.54 Å². The van der Waals surface area contributed by atoms with E-state index in [-0.39, 0.29) is 0 Å². The number of likely N-dealkylation sites (tertiary alicyclic amines) is 1. The van der Waals surface area contributed by atoms with E-state index < -0.39 is 0 Å². The molecule has 1 saturated heterocycles. The van der Waals surface area contributed by atoms with Crippen molar-refractivity contribution >= 4 is 0 Å². The normalized spacial score (nSPS) is 16.9. The van der Waals surface area contributed by atoms with E-state index in [1.54, 1.807) is 5.56 Å². The molecule has 1 aliphatic heterocycles. The lowest BCUT2D eigenvalue weighted by atomic mass is 10.00. The first-order valence-electron chi connectivity index (χ1n) is 6.66. The van der Waals surface area contributed by atoms with E-state index in [2.05, 4.69) is 36.9 Å². The molecular formula is C15H23N. The predicted octanol–water partition coefficient (Wildman–Crippen LogP) is 3.41. The molecule has 1 aliphatic rings. The van der Waals surface area contributed by atoms with Crippen molar-refractivity contribution in [3.8, 4) is 0 Å². The molecule has 1 fully saturated rings. The van der Waals surface area contributed by atoms with Crippen LogP contribution in [0.3, 0.4) is 0 Å². The van der Waals surface area contributed by atoms with E-state index in [9.17, 15) is 0 Å². The lowest BCUT2D eigenvalue weighted by molar-refractivity contribution is 0.331. The number of aryl methyl sites for hydroxylation is 2. The second kappa shape index (κ2) is 5.49. The van der Waals surface area contributed by atoms with Crippen molar-refractivity contribution in [2.45, 2.75) is 46.1 Å². The van der Waals surface area contributed by atoms with Gasteiger partial charge in [0.2, 0.25) is 0 Å². The van der Waals surface area contributed by atoms with Crippen LogP contribution in [-0.4, -0.2) is 18.0 Å². The van der Waals surface area contributed by atoms with Crippen molar-refractivity contribution in [3.63, 3.8) is 0 Å². The van der Waals surface area contributed by atoms with Gasteiger partial charge in [0.15, 0.2) is 0 Å². The Morgan fingerprint density at radius 3 is 2.31 bits per heavy atom. The van der Waals surface area contributed by atoms with Crippen LogP contribution in [0.2, 0.25) is 0 Å². The topological polar surface area (TPSA) is 3.24 Å². The van der Waals surface area contributed by atoms with E-state index in [1.165, 1.54) is 37.1 Å². The molecule has 0 atom stereocenters. The molecule has 1 heterocycles. The molecule has 0 aliphatic carbocycles. The van der Waals surface area contributed by atoms with E-state index in [0.717, 1.165) is 19.4 Å². The van der Waals surface area contributed by atoms with Crippen LogP contribution in [0.25, 0.3) is 0 Å². The Hall–Kier alpha value is -0.820. The highest BCUT2D eigenvalue weighted by molar-refractivity contribution is 5.32. The van der Waals surface area contributed by atoms with Crippen molar-refractivity contribution < 1.29 is 0 Å². The first kappa shape index (κ1) is 11.7. The van der Waals surface area contributed by atoms with Crippen LogP contribution in [0.15, 0.2) is 18.2 Å². The molecule has 0 N–H and O–H groups in total. The Bertz CT molecular complexity index is 337. The van der Waals surface area contributed by atoms with Gasteiger partial charge in [0.1, 0.15) is 0 Å². The molecule has 16 heavy (non-hydrogen) atoms. The first-order valence-corrected chi connectivity index (χ1v) is 6.66. The molecule has 0 saturated carbocycles. The molecule has 0 aromatic heterocycles. The molecular weight excluding hydrogens is 194 g/mol. The van der Waals surface area contributed by atoms with Gasteiger partial charge in [-0.1, -0.05) is 32.0 Å². The van der Waals surface area contributed by atoms with Gasteiger partial charge < -0.3 is 0 Å². The Labute approximate surface area is 99.5 Å². The third-order valence-electron chi connectivity index (χ3n) is 3.64. The van der Waals surface area contributed by atoms with Crippen LogP contribution in [0, 0.1) is 0 Å². The van der Waals surface area contributed by atoms with Gasteiger partial charge in [-0.2, -0.15) is 0 Å². The summed E-state index contributed by atoms with van der Waals surface area (Å²) in [7, 11) is 0. The highest BCUT2D eigenvalue weighted by atomic mass is 15.1.